The molecule has 0 saturated heterocycles. The highest BCUT2D eigenvalue weighted by molar-refractivity contribution is 7.10. The van der Waals surface area contributed by atoms with Gasteiger partial charge in [0.05, 0.1) is 32.7 Å². The number of benzene rings is 2. The summed E-state index contributed by atoms with van der Waals surface area (Å²) in [6.07, 6.45) is 1.57. The normalized spacial score (nSPS) is 11.6. The average molecular weight is 412 g/mol. The van der Waals surface area contributed by atoms with E-state index in [0.29, 0.717) is 16.3 Å². The Morgan fingerprint density at radius 1 is 1.17 bits per heavy atom. The smallest absolute Gasteiger partial charge is 0.369 e. The number of ether oxygens (including phenoxy) is 3. The Kier molecular flexibility index (Phi) is 6.75. The van der Waals surface area contributed by atoms with Crippen molar-refractivity contribution < 1.29 is 19.0 Å². The Balaban J connectivity index is 1.99. The minimum atomic E-state index is -0.496. The summed E-state index contributed by atoms with van der Waals surface area (Å²) in [5.74, 6) is 0.791. The van der Waals surface area contributed by atoms with Crippen molar-refractivity contribution in [3.8, 4) is 17.2 Å². The van der Waals surface area contributed by atoms with Gasteiger partial charge in [-0.25, -0.2) is 9.48 Å². The predicted octanol–water partition coefficient (Wildman–Crippen LogP) is 3.06. The molecule has 150 valence electrons. The van der Waals surface area contributed by atoms with E-state index in [9.17, 15) is 4.79 Å². The van der Waals surface area contributed by atoms with Gasteiger partial charge in [-0.15, -0.1) is 10.2 Å². The highest BCUT2D eigenvalue weighted by Crippen LogP contribution is 2.23. The van der Waals surface area contributed by atoms with Gasteiger partial charge in [-0.1, -0.05) is 29.5 Å². The van der Waals surface area contributed by atoms with E-state index in [2.05, 4.69) is 15.3 Å². The maximum Gasteiger partial charge on any atom is 0.369 e. The second-order valence-corrected chi connectivity index (χ2v) is 6.57. The highest BCUT2D eigenvalue weighted by Gasteiger charge is 2.15. The van der Waals surface area contributed by atoms with Gasteiger partial charge in [0.15, 0.2) is 0 Å². The van der Waals surface area contributed by atoms with E-state index in [1.165, 1.54) is 0 Å². The Morgan fingerprint density at radius 2 is 1.97 bits per heavy atom. The molecule has 3 aromatic rings. The number of para-hydroxylation sites is 1. The van der Waals surface area contributed by atoms with Crippen LogP contribution in [0.25, 0.3) is 5.69 Å². The topological polar surface area (TPSA) is 87.3 Å². The number of carbonyl (C=O) groups is 1. The van der Waals surface area contributed by atoms with E-state index in [1.807, 2.05) is 36.4 Å². The van der Waals surface area contributed by atoms with E-state index in [1.54, 1.807) is 44.2 Å². The molecule has 0 aliphatic heterocycles. The first-order chi connectivity index (χ1) is 14.2. The first-order valence-corrected chi connectivity index (χ1v) is 9.59. The number of hydrogen-bond donors (Lipinski definition) is 0. The van der Waals surface area contributed by atoms with Crippen LogP contribution in [0.3, 0.4) is 0 Å². The second kappa shape index (κ2) is 9.65. The second-order valence-electron chi connectivity index (χ2n) is 5.61. The molecule has 0 amide bonds. The minimum Gasteiger partial charge on any atom is -0.497 e. The van der Waals surface area contributed by atoms with Crippen LogP contribution in [-0.4, -0.2) is 42.8 Å². The lowest BCUT2D eigenvalue weighted by atomic mass is 10.2. The zero-order chi connectivity index (χ0) is 20.6. The van der Waals surface area contributed by atoms with E-state index in [0.717, 1.165) is 22.6 Å². The number of aromatic nitrogens is 2. The van der Waals surface area contributed by atoms with Crippen LogP contribution in [0.1, 0.15) is 22.3 Å². The quantitative estimate of drug-likeness (QED) is 0.338. The number of methoxy groups -OCH3 is 2. The summed E-state index contributed by atoms with van der Waals surface area (Å²) in [7, 11) is 3.16. The number of carbonyl (C=O) groups excluding carboxylic acids is 1. The molecule has 1 aromatic heterocycles. The summed E-state index contributed by atoms with van der Waals surface area (Å²) in [6, 6.07) is 14.8. The summed E-state index contributed by atoms with van der Waals surface area (Å²) in [4.78, 5) is 12.5. The van der Waals surface area contributed by atoms with Gasteiger partial charge < -0.3 is 14.2 Å². The van der Waals surface area contributed by atoms with Crippen LogP contribution >= 0.6 is 11.3 Å². The third-order valence-electron chi connectivity index (χ3n) is 3.79. The Bertz CT molecular complexity index is 1070. The van der Waals surface area contributed by atoms with Crippen LogP contribution < -0.4 is 14.3 Å². The standard InChI is InChI=1S/C20H20N4O4S/c1-4-28-19(25)18-23-24(15-8-6-5-7-9-15)20(29-18)22-21-13-14-10-11-16(26-2)12-17(14)27-3/h5-13H,4H2,1-3H3/b21-13+,22-20+. The van der Waals surface area contributed by atoms with Crippen LogP contribution in [0.2, 0.25) is 0 Å². The fraction of sp³-hybridized carbons (Fsp3) is 0.200. The summed E-state index contributed by atoms with van der Waals surface area (Å²) in [5.41, 5.74) is 1.49. The molecule has 0 aliphatic rings. The molecule has 0 unspecified atom stereocenters. The summed E-state index contributed by atoms with van der Waals surface area (Å²) in [6.45, 7) is 2.01. The van der Waals surface area contributed by atoms with Crippen molar-refractivity contribution in [3.63, 3.8) is 0 Å². The van der Waals surface area contributed by atoms with Gasteiger partial charge in [-0.3, -0.25) is 0 Å². The fourth-order valence-electron chi connectivity index (χ4n) is 2.42. The minimum absolute atomic E-state index is 0.201. The third kappa shape index (κ3) is 4.88. The van der Waals surface area contributed by atoms with Gasteiger partial charge in [0.1, 0.15) is 11.5 Å². The van der Waals surface area contributed by atoms with Crippen molar-refractivity contribution in [2.75, 3.05) is 20.8 Å². The van der Waals surface area contributed by atoms with E-state index < -0.39 is 5.97 Å². The average Bonchev–Trinajstić information content (AvgIpc) is 3.19. The van der Waals surface area contributed by atoms with Crippen LogP contribution in [-0.2, 0) is 4.74 Å². The molecule has 8 nitrogen and oxygen atoms in total. The number of esters is 1. The molecule has 2 aromatic carbocycles. The summed E-state index contributed by atoms with van der Waals surface area (Å²) in [5, 5.41) is 12.9. The first kappa shape index (κ1) is 20.3. The molecule has 29 heavy (non-hydrogen) atoms. The molecular formula is C20H20N4O4S. The SMILES string of the molecule is CCOC(=O)c1nn(-c2ccccc2)/c(=N\N=C\c2ccc(OC)cc2OC)s1. The number of hydrogen-bond acceptors (Lipinski definition) is 8. The third-order valence-corrected chi connectivity index (χ3v) is 4.67. The molecular weight excluding hydrogens is 392 g/mol. The van der Waals surface area contributed by atoms with E-state index >= 15 is 0 Å². The summed E-state index contributed by atoms with van der Waals surface area (Å²) < 4.78 is 17.2. The highest BCUT2D eigenvalue weighted by atomic mass is 32.1. The van der Waals surface area contributed by atoms with Crippen molar-refractivity contribution in [3.05, 3.63) is 63.9 Å². The zero-order valence-corrected chi connectivity index (χ0v) is 17.0. The lowest BCUT2D eigenvalue weighted by molar-refractivity contribution is 0.0524. The molecule has 9 heteroatoms. The fourth-order valence-corrected chi connectivity index (χ4v) is 3.18. The predicted molar refractivity (Wildman–Crippen MR) is 110 cm³/mol. The number of rotatable bonds is 7. The first-order valence-electron chi connectivity index (χ1n) is 8.78. The lowest BCUT2D eigenvalue weighted by Gasteiger charge is -2.06. The molecule has 0 fully saturated rings. The van der Waals surface area contributed by atoms with E-state index in [-0.39, 0.29) is 11.6 Å². The number of nitrogens with zero attached hydrogens (tertiary/aromatic N) is 4. The molecule has 0 spiro atoms. The molecule has 0 radical (unpaired) electrons. The molecule has 0 atom stereocenters. The molecule has 1 heterocycles. The molecule has 0 aliphatic carbocycles. The van der Waals surface area contributed by atoms with Gasteiger partial charge in [0, 0.05) is 11.6 Å². The van der Waals surface area contributed by atoms with Gasteiger partial charge in [-0.05, 0) is 31.2 Å². The van der Waals surface area contributed by atoms with Crippen molar-refractivity contribution in [2.24, 2.45) is 10.2 Å². The Labute approximate surface area is 171 Å². The van der Waals surface area contributed by atoms with Crippen LogP contribution in [0.15, 0.2) is 58.7 Å². The van der Waals surface area contributed by atoms with E-state index in [4.69, 9.17) is 14.2 Å². The molecule has 3 rings (SSSR count). The molecule has 0 N–H and O–H groups in total. The maximum absolute atomic E-state index is 12.1. The van der Waals surface area contributed by atoms with Gasteiger partial charge >= 0.3 is 5.97 Å². The van der Waals surface area contributed by atoms with Crippen molar-refractivity contribution in [1.82, 2.24) is 9.78 Å². The maximum atomic E-state index is 12.1. The lowest BCUT2D eigenvalue weighted by Crippen LogP contribution is -2.14. The summed E-state index contributed by atoms with van der Waals surface area (Å²) >= 11 is 1.10. The van der Waals surface area contributed by atoms with Crippen LogP contribution in [0.5, 0.6) is 11.5 Å². The molecule has 0 saturated carbocycles. The van der Waals surface area contributed by atoms with Crippen LogP contribution in [0.4, 0.5) is 0 Å². The van der Waals surface area contributed by atoms with Gasteiger partial charge in [0.2, 0.25) is 9.81 Å². The van der Waals surface area contributed by atoms with Crippen molar-refractivity contribution >= 4 is 23.5 Å². The van der Waals surface area contributed by atoms with Crippen LogP contribution in [0, 0.1) is 0 Å². The monoisotopic (exact) mass is 412 g/mol. The van der Waals surface area contributed by atoms with Crippen molar-refractivity contribution in [1.29, 1.82) is 0 Å². The molecule has 0 bridgehead atoms. The zero-order valence-electron chi connectivity index (χ0n) is 16.2. The Morgan fingerprint density at radius 3 is 2.66 bits per heavy atom. The van der Waals surface area contributed by atoms with Gasteiger partial charge in [-0.2, -0.15) is 5.10 Å². The van der Waals surface area contributed by atoms with Gasteiger partial charge in [0.25, 0.3) is 0 Å². The largest absolute Gasteiger partial charge is 0.497 e. The Hall–Kier alpha value is -3.46. The van der Waals surface area contributed by atoms with Crippen molar-refractivity contribution in [2.45, 2.75) is 6.92 Å².